The van der Waals surface area contributed by atoms with E-state index in [4.69, 9.17) is 14.2 Å². The standard InChI is InChI=1S/C11H16O4/c1-3-13-10(12)9-7-11(15-8(9)2)5-4-6-14-11/h3-7H2,1-2H3. The molecule has 84 valence electrons. The first kappa shape index (κ1) is 10.5. The summed E-state index contributed by atoms with van der Waals surface area (Å²) < 4.78 is 16.2. The van der Waals surface area contributed by atoms with Crippen LogP contribution < -0.4 is 0 Å². The smallest absolute Gasteiger partial charge is 0.337 e. The minimum atomic E-state index is -0.563. The van der Waals surface area contributed by atoms with E-state index in [1.54, 1.807) is 13.8 Å². The van der Waals surface area contributed by atoms with E-state index in [1.165, 1.54) is 0 Å². The van der Waals surface area contributed by atoms with Crippen LogP contribution in [-0.2, 0) is 19.0 Å². The first-order valence-corrected chi connectivity index (χ1v) is 5.37. The Hall–Kier alpha value is -1.03. The first-order chi connectivity index (χ1) is 7.17. The van der Waals surface area contributed by atoms with Gasteiger partial charge in [-0.25, -0.2) is 4.79 Å². The molecule has 1 spiro atoms. The van der Waals surface area contributed by atoms with Gasteiger partial charge in [-0.15, -0.1) is 0 Å². The van der Waals surface area contributed by atoms with E-state index in [1.807, 2.05) is 0 Å². The molecule has 0 bridgehead atoms. The molecule has 2 rings (SSSR count). The van der Waals surface area contributed by atoms with E-state index >= 15 is 0 Å². The van der Waals surface area contributed by atoms with Crippen LogP contribution in [0.3, 0.4) is 0 Å². The average Bonchev–Trinajstić information content (AvgIpc) is 2.75. The number of esters is 1. The summed E-state index contributed by atoms with van der Waals surface area (Å²) in [6, 6.07) is 0. The molecule has 0 aliphatic carbocycles. The summed E-state index contributed by atoms with van der Waals surface area (Å²) in [5.74, 6) is -0.190. The van der Waals surface area contributed by atoms with Crippen molar-refractivity contribution in [2.75, 3.05) is 13.2 Å². The monoisotopic (exact) mass is 212 g/mol. The molecule has 0 aromatic heterocycles. The highest BCUT2D eigenvalue weighted by molar-refractivity contribution is 5.89. The molecule has 1 fully saturated rings. The maximum absolute atomic E-state index is 11.6. The fourth-order valence-corrected chi connectivity index (χ4v) is 2.10. The van der Waals surface area contributed by atoms with E-state index in [9.17, 15) is 4.79 Å². The van der Waals surface area contributed by atoms with Crippen LogP contribution in [0.4, 0.5) is 0 Å². The summed E-state index contributed by atoms with van der Waals surface area (Å²) in [6.45, 7) is 4.70. The number of rotatable bonds is 2. The second-order valence-electron chi connectivity index (χ2n) is 3.90. The number of hydrogen-bond donors (Lipinski definition) is 0. The van der Waals surface area contributed by atoms with E-state index in [2.05, 4.69) is 0 Å². The summed E-state index contributed by atoms with van der Waals surface area (Å²) in [5, 5.41) is 0. The Morgan fingerprint density at radius 1 is 1.60 bits per heavy atom. The van der Waals surface area contributed by atoms with Crippen LogP contribution in [0.1, 0.15) is 33.1 Å². The van der Waals surface area contributed by atoms with Gasteiger partial charge in [0.15, 0.2) is 0 Å². The number of allylic oxidation sites excluding steroid dienone is 1. The summed E-state index contributed by atoms with van der Waals surface area (Å²) in [4.78, 5) is 11.6. The van der Waals surface area contributed by atoms with Crippen molar-refractivity contribution >= 4 is 5.97 Å². The third-order valence-corrected chi connectivity index (χ3v) is 2.80. The second-order valence-corrected chi connectivity index (χ2v) is 3.90. The van der Waals surface area contributed by atoms with E-state index < -0.39 is 5.79 Å². The van der Waals surface area contributed by atoms with Crippen molar-refractivity contribution in [1.82, 2.24) is 0 Å². The van der Waals surface area contributed by atoms with E-state index in [-0.39, 0.29) is 5.97 Å². The summed E-state index contributed by atoms with van der Waals surface area (Å²) >= 11 is 0. The zero-order chi connectivity index (χ0) is 10.9. The number of hydrogen-bond acceptors (Lipinski definition) is 4. The topological polar surface area (TPSA) is 44.8 Å². The van der Waals surface area contributed by atoms with Crippen molar-refractivity contribution in [3.63, 3.8) is 0 Å². The molecule has 0 radical (unpaired) electrons. The Morgan fingerprint density at radius 2 is 2.40 bits per heavy atom. The van der Waals surface area contributed by atoms with Gasteiger partial charge in [-0.2, -0.15) is 0 Å². The zero-order valence-corrected chi connectivity index (χ0v) is 9.17. The average molecular weight is 212 g/mol. The van der Waals surface area contributed by atoms with Gasteiger partial charge in [-0.1, -0.05) is 0 Å². The lowest BCUT2D eigenvalue weighted by Crippen LogP contribution is -2.27. The molecular weight excluding hydrogens is 196 g/mol. The number of ether oxygens (including phenoxy) is 3. The lowest BCUT2D eigenvalue weighted by atomic mass is 10.1. The number of carbonyl (C=O) groups excluding carboxylic acids is 1. The molecule has 4 nitrogen and oxygen atoms in total. The minimum Gasteiger partial charge on any atom is -0.466 e. The molecule has 1 saturated heterocycles. The Bertz CT molecular complexity index is 300. The summed E-state index contributed by atoms with van der Waals surface area (Å²) in [7, 11) is 0. The van der Waals surface area contributed by atoms with Crippen molar-refractivity contribution in [2.45, 2.75) is 38.9 Å². The largest absolute Gasteiger partial charge is 0.466 e. The highest BCUT2D eigenvalue weighted by Crippen LogP contribution is 2.41. The fourth-order valence-electron chi connectivity index (χ4n) is 2.10. The Labute approximate surface area is 89.2 Å². The highest BCUT2D eigenvalue weighted by Gasteiger charge is 2.45. The minimum absolute atomic E-state index is 0.276. The van der Waals surface area contributed by atoms with Gasteiger partial charge < -0.3 is 14.2 Å². The molecule has 0 aromatic rings. The van der Waals surface area contributed by atoms with Crippen LogP contribution in [-0.4, -0.2) is 25.0 Å². The Kier molecular flexibility index (Phi) is 2.69. The SMILES string of the molecule is CCOC(=O)C1=C(C)OC2(CCCO2)C1. The lowest BCUT2D eigenvalue weighted by molar-refractivity contribution is -0.169. The van der Waals surface area contributed by atoms with Gasteiger partial charge in [-0.05, 0) is 20.3 Å². The van der Waals surface area contributed by atoms with E-state index in [0.29, 0.717) is 31.0 Å². The highest BCUT2D eigenvalue weighted by atomic mass is 16.7. The molecule has 0 amide bonds. The normalized spacial score (nSPS) is 29.7. The molecular formula is C11H16O4. The van der Waals surface area contributed by atoms with Crippen molar-refractivity contribution in [1.29, 1.82) is 0 Å². The molecule has 4 heteroatoms. The molecule has 0 saturated carbocycles. The second kappa shape index (κ2) is 3.85. The maximum Gasteiger partial charge on any atom is 0.337 e. The van der Waals surface area contributed by atoms with Gasteiger partial charge in [0, 0.05) is 12.8 Å². The van der Waals surface area contributed by atoms with Crippen molar-refractivity contribution in [3.8, 4) is 0 Å². The van der Waals surface area contributed by atoms with Gasteiger partial charge in [-0.3, -0.25) is 0 Å². The Morgan fingerprint density at radius 3 is 3.00 bits per heavy atom. The molecule has 0 aromatic carbocycles. The molecule has 1 atom stereocenters. The molecule has 2 aliphatic rings. The molecule has 0 N–H and O–H groups in total. The predicted octanol–water partition coefficient (Wildman–Crippen LogP) is 1.75. The third kappa shape index (κ3) is 1.86. The van der Waals surface area contributed by atoms with Gasteiger partial charge in [0.25, 0.3) is 0 Å². The van der Waals surface area contributed by atoms with Crippen molar-refractivity contribution in [3.05, 3.63) is 11.3 Å². The van der Waals surface area contributed by atoms with Crippen molar-refractivity contribution in [2.24, 2.45) is 0 Å². The van der Waals surface area contributed by atoms with Gasteiger partial charge >= 0.3 is 5.97 Å². The lowest BCUT2D eigenvalue weighted by Gasteiger charge is -2.22. The predicted molar refractivity (Wildman–Crippen MR) is 53.0 cm³/mol. The molecule has 2 aliphatic heterocycles. The van der Waals surface area contributed by atoms with Crippen LogP contribution in [0.5, 0.6) is 0 Å². The van der Waals surface area contributed by atoms with Gasteiger partial charge in [0.1, 0.15) is 5.76 Å². The van der Waals surface area contributed by atoms with Crippen LogP contribution in [0.15, 0.2) is 11.3 Å². The first-order valence-electron chi connectivity index (χ1n) is 5.37. The van der Waals surface area contributed by atoms with Gasteiger partial charge in [0.05, 0.1) is 18.8 Å². The maximum atomic E-state index is 11.6. The zero-order valence-electron chi connectivity index (χ0n) is 9.17. The fraction of sp³-hybridized carbons (Fsp3) is 0.727. The van der Waals surface area contributed by atoms with Crippen LogP contribution in [0.25, 0.3) is 0 Å². The van der Waals surface area contributed by atoms with Gasteiger partial charge in [0.2, 0.25) is 5.79 Å². The Balaban J connectivity index is 2.07. The number of carbonyl (C=O) groups is 1. The van der Waals surface area contributed by atoms with Crippen LogP contribution in [0, 0.1) is 0 Å². The van der Waals surface area contributed by atoms with Crippen molar-refractivity contribution < 1.29 is 19.0 Å². The molecule has 15 heavy (non-hydrogen) atoms. The summed E-state index contributed by atoms with van der Waals surface area (Å²) in [6.07, 6.45) is 2.37. The molecule has 1 unspecified atom stereocenters. The quantitative estimate of drug-likeness (QED) is 0.654. The van der Waals surface area contributed by atoms with Crippen LogP contribution in [0.2, 0.25) is 0 Å². The van der Waals surface area contributed by atoms with Crippen LogP contribution >= 0.6 is 0 Å². The summed E-state index contributed by atoms with van der Waals surface area (Å²) in [5.41, 5.74) is 0.624. The molecule has 2 heterocycles. The third-order valence-electron chi connectivity index (χ3n) is 2.80. The van der Waals surface area contributed by atoms with E-state index in [0.717, 1.165) is 12.8 Å².